The van der Waals surface area contributed by atoms with Gasteiger partial charge >= 0.3 is 11.6 Å². The molecular weight excluding hydrogens is 500 g/mol. The van der Waals surface area contributed by atoms with Gasteiger partial charge in [0.2, 0.25) is 6.23 Å². The SMILES string of the molecule is C[SiH](C)OC(C1CCCCC1)C1OC(n2ccc(N)nc2=O)C(F)(F)C1O[Si](C)(C)C1CCCCC1. The molecule has 0 bridgehead atoms. The molecule has 7 nitrogen and oxygen atoms in total. The van der Waals surface area contributed by atoms with Gasteiger partial charge in [0.05, 0.1) is 6.10 Å². The molecule has 0 radical (unpaired) electrons. The van der Waals surface area contributed by atoms with Gasteiger partial charge in [-0.3, -0.25) is 4.57 Å². The molecule has 4 rings (SSSR count). The molecule has 0 spiro atoms. The topological polar surface area (TPSA) is 88.6 Å². The molecule has 0 aromatic carbocycles. The number of nitrogen functional groups attached to an aromatic ring is 1. The van der Waals surface area contributed by atoms with E-state index in [4.69, 9.17) is 19.3 Å². The quantitative estimate of drug-likeness (QED) is 0.452. The van der Waals surface area contributed by atoms with Crippen molar-refractivity contribution in [3.8, 4) is 0 Å². The second-order valence-corrected chi connectivity index (χ2v) is 18.3. The minimum Gasteiger partial charge on any atom is -0.415 e. The van der Waals surface area contributed by atoms with Gasteiger partial charge in [0, 0.05) is 6.20 Å². The van der Waals surface area contributed by atoms with E-state index in [0.717, 1.165) is 62.4 Å². The van der Waals surface area contributed by atoms with Crippen LogP contribution in [-0.4, -0.2) is 51.1 Å². The predicted octanol–water partition coefficient (Wildman–Crippen LogP) is 5.23. The molecule has 11 heteroatoms. The third kappa shape index (κ3) is 5.95. The number of nitrogens with two attached hydrogens (primary N) is 1. The number of nitrogens with zero attached hydrogens (tertiary/aromatic N) is 2. The summed E-state index contributed by atoms with van der Waals surface area (Å²) in [6.45, 7) is 8.25. The summed E-state index contributed by atoms with van der Waals surface area (Å²) in [5, 5.41) is 0. The Kier molecular flexibility index (Phi) is 8.75. The van der Waals surface area contributed by atoms with Crippen molar-refractivity contribution in [2.75, 3.05) is 5.73 Å². The maximum atomic E-state index is 16.4. The monoisotopic (exact) mass is 543 g/mol. The van der Waals surface area contributed by atoms with Crippen LogP contribution in [0.2, 0.25) is 31.7 Å². The second kappa shape index (κ2) is 11.3. The molecule has 4 unspecified atom stereocenters. The van der Waals surface area contributed by atoms with Gasteiger partial charge in [0.15, 0.2) is 17.4 Å². The zero-order chi connectivity index (χ0) is 26.1. The molecule has 2 heterocycles. The number of anilines is 1. The highest BCUT2D eigenvalue weighted by Gasteiger charge is 2.64. The number of halogens is 2. The Morgan fingerprint density at radius 2 is 1.75 bits per heavy atom. The van der Waals surface area contributed by atoms with Gasteiger partial charge in [-0.25, -0.2) is 4.79 Å². The molecule has 2 aliphatic carbocycles. The first-order valence-electron chi connectivity index (χ1n) is 13.7. The van der Waals surface area contributed by atoms with Gasteiger partial charge in [-0.15, -0.1) is 0 Å². The van der Waals surface area contributed by atoms with E-state index in [9.17, 15) is 4.79 Å². The van der Waals surface area contributed by atoms with Crippen molar-refractivity contribution in [1.82, 2.24) is 9.55 Å². The summed E-state index contributed by atoms with van der Waals surface area (Å²) in [5.41, 5.74) is 5.11. The van der Waals surface area contributed by atoms with Gasteiger partial charge in [-0.2, -0.15) is 13.8 Å². The highest BCUT2D eigenvalue weighted by Crippen LogP contribution is 2.50. The Morgan fingerprint density at radius 1 is 1.14 bits per heavy atom. The number of rotatable bonds is 8. The molecular formula is C25H43F2N3O4Si2. The van der Waals surface area contributed by atoms with E-state index in [0.29, 0.717) is 5.54 Å². The first-order valence-corrected chi connectivity index (χ1v) is 19.5. The Morgan fingerprint density at radius 3 is 2.33 bits per heavy atom. The summed E-state index contributed by atoms with van der Waals surface area (Å²) in [7, 11) is -4.10. The fourth-order valence-corrected chi connectivity index (χ4v) is 10.3. The third-order valence-corrected chi connectivity index (χ3v) is 12.5. The molecule has 2 N–H and O–H groups in total. The van der Waals surface area contributed by atoms with Crippen LogP contribution in [0.3, 0.4) is 0 Å². The number of hydrogen-bond acceptors (Lipinski definition) is 6. The summed E-state index contributed by atoms with van der Waals surface area (Å²) >= 11 is 0. The normalized spacial score (nSPS) is 29.0. The van der Waals surface area contributed by atoms with Gasteiger partial charge in [0.25, 0.3) is 0 Å². The Bertz CT molecular complexity index is 936. The molecule has 2 saturated carbocycles. The Balaban J connectivity index is 1.72. The van der Waals surface area contributed by atoms with Gasteiger partial charge in [-0.1, -0.05) is 51.4 Å². The maximum Gasteiger partial charge on any atom is 0.351 e. The minimum absolute atomic E-state index is 0.0121. The number of hydrogen-bond donors (Lipinski definition) is 1. The van der Waals surface area contributed by atoms with Crippen LogP contribution in [0.25, 0.3) is 0 Å². The number of aromatic nitrogens is 2. The van der Waals surface area contributed by atoms with E-state index in [-0.39, 0.29) is 11.7 Å². The van der Waals surface area contributed by atoms with Crippen molar-refractivity contribution in [3.63, 3.8) is 0 Å². The lowest BCUT2D eigenvalue weighted by Gasteiger charge is -2.42. The number of ether oxygens (including phenoxy) is 1. The largest absolute Gasteiger partial charge is 0.415 e. The third-order valence-electron chi connectivity index (χ3n) is 8.28. The lowest BCUT2D eigenvalue weighted by molar-refractivity contribution is -0.139. The molecule has 1 aromatic heterocycles. The lowest BCUT2D eigenvalue weighted by Crippen LogP contribution is -2.54. The van der Waals surface area contributed by atoms with E-state index in [1.807, 2.05) is 0 Å². The summed E-state index contributed by atoms with van der Waals surface area (Å²) < 4.78 is 52.8. The first kappa shape index (κ1) is 27.9. The van der Waals surface area contributed by atoms with Crippen LogP contribution in [0.15, 0.2) is 17.1 Å². The van der Waals surface area contributed by atoms with E-state index in [1.165, 1.54) is 18.7 Å². The highest BCUT2D eigenvalue weighted by molar-refractivity contribution is 6.72. The molecule has 3 fully saturated rings. The lowest BCUT2D eigenvalue weighted by atomic mass is 9.82. The van der Waals surface area contributed by atoms with Crippen LogP contribution in [0, 0.1) is 5.92 Å². The van der Waals surface area contributed by atoms with E-state index in [2.05, 4.69) is 31.2 Å². The Hall–Kier alpha value is -1.15. The summed E-state index contributed by atoms with van der Waals surface area (Å²) in [4.78, 5) is 16.3. The van der Waals surface area contributed by atoms with Crippen molar-refractivity contribution < 1.29 is 22.4 Å². The van der Waals surface area contributed by atoms with E-state index < -0.39 is 53.5 Å². The second-order valence-electron chi connectivity index (χ2n) is 11.7. The van der Waals surface area contributed by atoms with Crippen LogP contribution in [0.1, 0.15) is 70.4 Å². The fourth-order valence-electron chi connectivity index (χ4n) is 6.38. The standard InChI is InChI=1S/C25H43F2N3O4Si2/c1-35(2)33-20(17-11-7-5-8-12-17)21-22(34-36(3,4)18-13-9-6-10-14-18)25(26,27)23(32-21)30-16-15-19(28)29-24(30)31/h15-18,20-23,35H,5-14H2,1-4H3,(H2,28,29,31). The smallest absolute Gasteiger partial charge is 0.351 e. The van der Waals surface area contributed by atoms with Gasteiger partial charge in [0.1, 0.15) is 18.0 Å². The maximum absolute atomic E-state index is 16.4. The van der Waals surface area contributed by atoms with Crippen LogP contribution in [0.4, 0.5) is 14.6 Å². The molecule has 36 heavy (non-hydrogen) atoms. The minimum atomic E-state index is -3.43. The van der Waals surface area contributed by atoms with Gasteiger partial charge < -0.3 is 19.3 Å². The van der Waals surface area contributed by atoms with Crippen LogP contribution in [-0.2, 0) is 13.6 Å². The van der Waals surface area contributed by atoms with E-state index in [1.54, 1.807) is 0 Å². The van der Waals surface area contributed by atoms with Crippen molar-refractivity contribution >= 4 is 23.2 Å². The number of alkyl halides is 2. The molecule has 4 atom stereocenters. The van der Waals surface area contributed by atoms with Crippen molar-refractivity contribution in [2.24, 2.45) is 5.92 Å². The first-order chi connectivity index (χ1) is 17.0. The van der Waals surface area contributed by atoms with Crippen LogP contribution in [0.5, 0.6) is 0 Å². The fraction of sp³-hybridized carbons (Fsp3) is 0.840. The zero-order valence-corrected chi connectivity index (χ0v) is 24.3. The van der Waals surface area contributed by atoms with Gasteiger partial charge in [-0.05, 0) is 56.6 Å². The molecule has 204 valence electrons. The molecule has 1 saturated heterocycles. The van der Waals surface area contributed by atoms with Crippen molar-refractivity contribution in [3.05, 3.63) is 22.7 Å². The summed E-state index contributed by atoms with van der Waals surface area (Å²) in [6.07, 6.45) is 7.14. The van der Waals surface area contributed by atoms with E-state index >= 15 is 8.78 Å². The molecule has 1 aromatic rings. The summed E-state index contributed by atoms with van der Waals surface area (Å²) in [6, 6.07) is 1.35. The van der Waals surface area contributed by atoms with Crippen molar-refractivity contribution in [1.29, 1.82) is 0 Å². The highest BCUT2D eigenvalue weighted by atomic mass is 28.4. The van der Waals surface area contributed by atoms with Crippen LogP contribution < -0.4 is 11.4 Å². The average molecular weight is 544 g/mol. The molecule has 3 aliphatic rings. The van der Waals surface area contributed by atoms with Crippen LogP contribution >= 0.6 is 0 Å². The Labute approximate surface area is 216 Å². The molecule has 1 aliphatic heterocycles. The van der Waals surface area contributed by atoms with Crippen molar-refractivity contribution in [2.45, 2.75) is 126 Å². The zero-order valence-electron chi connectivity index (χ0n) is 22.1. The average Bonchev–Trinajstić information content (AvgIpc) is 3.08. The molecule has 0 amide bonds. The predicted molar refractivity (Wildman–Crippen MR) is 141 cm³/mol. The summed E-state index contributed by atoms with van der Waals surface area (Å²) in [5.74, 6) is -3.30.